The third-order valence-corrected chi connectivity index (χ3v) is 4.24. The van der Waals surface area contributed by atoms with Crippen LogP contribution in [0.1, 0.15) is 9.67 Å². The Labute approximate surface area is 144 Å². The minimum Gasteiger partial charge on any atom is -0.351 e. The smallest absolute Gasteiger partial charge is 0.316 e. The van der Waals surface area contributed by atoms with E-state index in [1.165, 1.54) is 11.3 Å². The zero-order valence-corrected chi connectivity index (χ0v) is 14.2. The molecule has 0 saturated carbocycles. The average molecular weight is 397 g/mol. The van der Waals surface area contributed by atoms with Crippen LogP contribution >= 0.6 is 27.3 Å². The predicted molar refractivity (Wildman–Crippen MR) is 92.6 cm³/mol. The Morgan fingerprint density at radius 1 is 1.09 bits per heavy atom. The van der Waals surface area contributed by atoms with Gasteiger partial charge in [-0.2, -0.15) is 0 Å². The van der Waals surface area contributed by atoms with Crippen molar-refractivity contribution in [2.24, 2.45) is 5.73 Å². The number of carbonyl (C=O) groups excluding carboxylic acids is 3. The standard InChI is InChI=1S/C14H13BrN4O3S/c15-11-5-4-10(23-11)13(21)17-7-12(20)18-8-2-1-3-9(6-8)19-14(16)22/h1-6H,7H2,(H,17,21)(H,18,20)(H3,16,19,22). The highest BCUT2D eigenvalue weighted by Gasteiger charge is 2.10. The lowest BCUT2D eigenvalue weighted by atomic mass is 10.2. The Morgan fingerprint density at radius 3 is 2.39 bits per heavy atom. The first-order chi connectivity index (χ1) is 10.9. The number of nitrogens with one attached hydrogen (secondary N) is 3. The molecule has 0 radical (unpaired) electrons. The number of hydrogen-bond acceptors (Lipinski definition) is 4. The number of primary amides is 1. The summed E-state index contributed by atoms with van der Waals surface area (Å²) in [6, 6.07) is 9.24. The molecule has 4 amide bonds. The van der Waals surface area contributed by atoms with E-state index < -0.39 is 6.03 Å². The van der Waals surface area contributed by atoms with E-state index in [-0.39, 0.29) is 18.4 Å². The lowest BCUT2D eigenvalue weighted by Crippen LogP contribution is -2.32. The Kier molecular flexibility index (Phi) is 5.72. The quantitative estimate of drug-likeness (QED) is 0.621. The zero-order valence-electron chi connectivity index (χ0n) is 11.8. The van der Waals surface area contributed by atoms with Crippen LogP contribution in [-0.4, -0.2) is 24.4 Å². The van der Waals surface area contributed by atoms with E-state index >= 15 is 0 Å². The SMILES string of the molecule is NC(=O)Nc1cccc(NC(=O)CNC(=O)c2ccc(Br)s2)c1. The van der Waals surface area contributed by atoms with Crippen molar-refractivity contribution in [2.75, 3.05) is 17.2 Å². The second kappa shape index (κ2) is 7.75. The first-order valence-electron chi connectivity index (χ1n) is 6.44. The highest BCUT2D eigenvalue weighted by Crippen LogP contribution is 2.21. The van der Waals surface area contributed by atoms with Gasteiger partial charge in [0.05, 0.1) is 15.2 Å². The predicted octanol–water partition coefficient (Wildman–Crippen LogP) is 2.37. The second-order valence-electron chi connectivity index (χ2n) is 4.40. The molecule has 2 rings (SSSR count). The van der Waals surface area contributed by atoms with E-state index in [4.69, 9.17) is 5.73 Å². The molecule has 9 heteroatoms. The molecule has 1 aromatic heterocycles. The van der Waals surface area contributed by atoms with Crippen LogP contribution in [0.3, 0.4) is 0 Å². The molecule has 0 aliphatic rings. The van der Waals surface area contributed by atoms with Crippen molar-refractivity contribution in [3.8, 4) is 0 Å². The third kappa shape index (κ3) is 5.38. The number of nitrogens with two attached hydrogens (primary N) is 1. The largest absolute Gasteiger partial charge is 0.351 e. The van der Waals surface area contributed by atoms with Gasteiger partial charge in [0.25, 0.3) is 5.91 Å². The summed E-state index contributed by atoms with van der Waals surface area (Å²) < 4.78 is 0.839. The number of hydrogen-bond donors (Lipinski definition) is 4. The fraction of sp³-hybridized carbons (Fsp3) is 0.0714. The highest BCUT2D eigenvalue weighted by atomic mass is 79.9. The highest BCUT2D eigenvalue weighted by molar-refractivity contribution is 9.11. The van der Waals surface area contributed by atoms with Crippen molar-refractivity contribution in [1.29, 1.82) is 0 Å². The molecule has 0 unspecified atom stereocenters. The summed E-state index contributed by atoms with van der Waals surface area (Å²) in [5, 5.41) is 7.55. The average Bonchev–Trinajstić information content (AvgIpc) is 2.91. The monoisotopic (exact) mass is 396 g/mol. The molecule has 1 aromatic carbocycles. The minimum atomic E-state index is -0.692. The Hall–Kier alpha value is -2.39. The summed E-state index contributed by atoms with van der Waals surface area (Å²) in [6.45, 7) is -0.165. The van der Waals surface area contributed by atoms with Crippen LogP contribution in [0, 0.1) is 0 Å². The summed E-state index contributed by atoms with van der Waals surface area (Å²) in [5.74, 6) is -0.704. The molecule has 23 heavy (non-hydrogen) atoms. The molecule has 5 N–H and O–H groups in total. The summed E-state index contributed by atoms with van der Waals surface area (Å²) >= 11 is 4.55. The van der Waals surface area contributed by atoms with Gasteiger partial charge in [-0.05, 0) is 46.3 Å². The van der Waals surface area contributed by atoms with Gasteiger partial charge in [-0.25, -0.2) is 4.79 Å². The molecular weight excluding hydrogens is 384 g/mol. The van der Waals surface area contributed by atoms with E-state index in [0.29, 0.717) is 16.3 Å². The van der Waals surface area contributed by atoms with Crippen molar-refractivity contribution in [1.82, 2.24) is 5.32 Å². The number of halogens is 1. The van der Waals surface area contributed by atoms with E-state index in [2.05, 4.69) is 31.9 Å². The molecule has 0 atom stereocenters. The van der Waals surface area contributed by atoms with Crippen LogP contribution in [0.2, 0.25) is 0 Å². The lowest BCUT2D eigenvalue weighted by molar-refractivity contribution is -0.115. The molecule has 0 spiro atoms. The van der Waals surface area contributed by atoms with Gasteiger partial charge in [0, 0.05) is 11.4 Å². The first-order valence-corrected chi connectivity index (χ1v) is 8.05. The van der Waals surface area contributed by atoms with Crippen LogP contribution in [-0.2, 0) is 4.79 Å². The number of rotatable bonds is 5. The van der Waals surface area contributed by atoms with Crippen molar-refractivity contribution >= 4 is 56.5 Å². The third-order valence-electron chi connectivity index (χ3n) is 2.62. The Morgan fingerprint density at radius 2 is 1.78 bits per heavy atom. The van der Waals surface area contributed by atoms with Crippen molar-refractivity contribution in [3.05, 3.63) is 45.1 Å². The Bertz CT molecular complexity index is 747. The normalized spacial score (nSPS) is 9.96. The minimum absolute atomic E-state index is 0.165. The number of thiophene rings is 1. The molecule has 0 fully saturated rings. The van der Waals surface area contributed by atoms with Gasteiger partial charge in [-0.1, -0.05) is 6.07 Å². The summed E-state index contributed by atoms with van der Waals surface area (Å²) in [5.41, 5.74) is 5.97. The van der Waals surface area contributed by atoms with Gasteiger partial charge < -0.3 is 21.7 Å². The van der Waals surface area contributed by atoms with Crippen molar-refractivity contribution in [3.63, 3.8) is 0 Å². The molecule has 120 valence electrons. The number of urea groups is 1. The maximum atomic E-state index is 11.8. The van der Waals surface area contributed by atoms with E-state index in [0.717, 1.165) is 3.79 Å². The number of benzene rings is 1. The van der Waals surface area contributed by atoms with Gasteiger partial charge in [-0.15, -0.1) is 11.3 Å². The topological polar surface area (TPSA) is 113 Å². The lowest BCUT2D eigenvalue weighted by Gasteiger charge is -2.08. The molecule has 1 heterocycles. The fourth-order valence-electron chi connectivity index (χ4n) is 1.71. The van der Waals surface area contributed by atoms with Crippen LogP contribution in [0.25, 0.3) is 0 Å². The van der Waals surface area contributed by atoms with Crippen molar-refractivity contribution < 1.29 is 14.4 Å². The Balaban J connectivity index is 1.87. The molecule has 0 aliphatic carbocycles. The number of carbonyl (C=O) groups is 3. The number of anilines is 2. The van der Waals surface area contributed by atoms with Crippen LogP contribution in [0.15, 0.2) is 40.2 Å². The van der Waals surface area contributed by atoms with Crippen molar-refractivity contribution in [2.45, 2.75) is 0 Å². The fourth-order valence-corrected chi connectivity index (χ4v) is 3.01. The van der Waals surface area contributed by atoms with E-state index in [9.17, 15) is 14.4 Å². The van der Waals surface area contributed by atoms with Crippen LogP contribution in [0.4, 0.5) is 16.2 Å². The molecule has 0 aliphatic heterocycles. The van der Waals surface area contributed by atoms with Gasteiger partial charge >= 0.3 is 6.03 Å². The van der Waals surface area contributed by atoms with Crippen LogP contribution in [0.5, 0.6) is 0 Å². The molecule has 0 saturated heterocycles. The van der Waals surface area contributed by atoms with Gasteiger partial charge in [-0.3, -0.25) is 9.59 Å². The zero-order chi connectivity index (χ0) is 16.8. The van der Waals surface area contributed by atoms with E-state index in [1.54, 1.807) is 36.4 Å². The first kappa shape index (κ1) is 17.0. The van der Waals surface area contributed by atoms with Gasteiger partial charge in [0.2, 0.25) is 5.91 Å². The van der Waals surface area contributed by atoms with Crippen LogP contribution < -0.4 is 21.7 Å². The second-order valence-corrected chi connectivity index (χ2v) is 6.87. The van der Waals surface area contributed by atoms with Gasteiger partial charge in [0.15, 0.2) is 0 Å². The number of amides is 4. The molecule has 0 bridgehead atoms. The maximum absolute atomic E-state index is 11.8. The van der Waals surface area contributed by atoms with E-state index in [1.807, 2.05) is 0 Å². The van der Waals surface area contributed by atoms with Gasteiger partial charge in [0.1, 0.15) is 0 Å². The maximum Gasteiger partial charge on any atom is 0.316 e. The summed E-state index contributed by atoms with van der Waals surface area (Å²) in [7, 11) is 0. The molecular formula is C14H13BrN4O3S. The molecule has 2 aromatic rings. The summed E-state index contributed by atoms with van der Waals surface area (Å²) in [4.78, 5) is 35.0. The molecule has 7 nitrogen and oxygen atoms in total. The summed E-state index contributed by atoms with van der Waals surface area (Å²) in [6.07, 6.45) is 0.